The third kappa shape index (κ3) is 3.30. The monoisotopic (exact) mass is 295 g/mol. The number of nitrogens with one attached hydrogen (secondary N) is 1. The highest BCUT2D eigenvalue weighted by atomic mass is 35.5. The van der Waals surface area contributed by atoms with Gasteiger partial charge >= 0.3 is 0 Å². The van der Waals surface area contributed by atoms with Crippen LogP contribution in [0.1, 0.15) is 23.8 Å². The molecule has 1 amide bonds. The highest BCUT2D eigenvalue weighted by Crippen LogP contribution is 2.19. The summed E-state index contributed by atoms with van der Waals surface area (Å²) < 4.78 is 15.0. The van der Waals surface area contributed by atoms with Gasteiger partial charge in [-0.3, -0.25) is 4.79 Å². The van der Waals surface area contributed by atoms with Crippen LogP contribution in [0.3, 0.4) is 0 Å². The summed E-state index contributed by atoms with van der Waals surface area (Å²) in [6.07, 6.45) is 2.58. The molecular formula is C14H15ClFN3O. The van der Waals surface area contributed by atoms with E-state index >= 15 is 0 Å². The Morgan fingerprint density at radius 3 is 2.80 bits per heavy atom. The molecule has 0 aliphatic carbocycles. The number of anilines is 2. The standard InChI is InChI=1S/C14H15ClFN3O/c1-2-3-19-8-11(17)7-13(19)14(20)18-12-5-9(15)4-10(16)6-12/h4-8H,2-3,17H2,1H3,(H,18,20). The van der Waals surface area contributed by atoms with Crippen LogP contribution in [0.4, 0.5) is 15.8 Å². The van der Waals surface area contributed by atoms with E-state index < -0.39 is 5.82 Å². The summed E-state index contributed by atoms with van der Waals surface area (Å²) in [5, 5.41) is 2.84. The number of benzene rings is 1. The fourth-order valence-corrected chi connectivity index (χ4v) is 2.19. The van der Waals surface area contributed by atoms with E-state index in [4.69, 9.17) is 17.3 Å². The molecule has 0 unspecified atom stereocenters. The molecule has 2 rings (SSSR count). The first-order valence-corrected chi connectivity index (χ1v) is 6.60. The second-order valence-electron chi connectivity index (χ2n) is 4.46. The lowest BCUT2D eigenvalue weighted by molar-refractivity contribution is 0.101. The number of hydrogen-bond donors (Lipinski definition) is 2. The summed E-state index contributed by atoms with van der Waals surface area (Å²) in [4.78, 5) is 12.2. The molecule has 4 nitrogen and oxygen atoms in total. The number of carbonyl (C=O) groups excluding carboxylic acids is 1. The van der Waals surface area contributed by atoms with Crippen LogP contribution in [0.15, 0.2) is 30.5 Å². The van der Waals surface area contributed by atoms with Crippen LogP contribution in [-0.4, -0.2) is 10.5 Å². The Hall–Kier alpha value is -2.01. The van der Waals surface area contributed by atoms with Crippen LogP contribution < -0.4 is 11.1 Å². The first kappa shape index (κ1) is 14.4. The summed E-state index contributed by atoms with van der Waals surface area (Å²) in [7, 11) is 0. The van der Waals surface area contributed by atoms with Crippen LogP contribution >= 0.6 is 11.6 Å². The van der Waals surface area contributed by atoms with Gasteiger partial charge in [-0.25, -0.2) is 4.39 Å². The van der Waals surface area contributed by atoms with Crippen molar-refractivity contribution in [3.05, 3.63) is 47.0 Å². The maximum Gasteiger partial charge on any atom is 0.272 e. The molecule has 0 saturated heterocycles. The van der Waals surface area contributed by atoms with Gasteiger partial charge in [0.05, 0.1) is 5.69 Å². The van der Waals surface area contributed by atoms with Crippen molar-refractivity contribution in [2.24, 2.45) is 0 Å². The number of nitrogens with two attached hydrogens (primary N) is 1. The number of nitrogen functional groups attached to an aromatic ring is 1. The molecule has 1 aromatic carbocycles. The van der Waals surface area contributed by atoms with Gasteiger partial charge < -0.3 is 15.6 Å². The highest BCUT2D eigenvalue weighted by molar-refractivity contribution is 6.31. The second kappa shape index (κ2) is 5.96. The van der Waals surface area contributed by atoms with Gasteiger partial charge in [0.2, 0.25) is 0 Å². The van der Waals surface area contributed by atoms with Crippen molar-refractivity contribution in [3.63, 3.8) is 0 Å². The van der Waals surface area contributed by atoms with Crippen molar-refractivity contribution in [2.75, 3.05) is 11.1 Å². The molecule has 0 atom stereocenters. The molecule has 3 N–H and O–H groups in total. The maximum atomic E-state index is 13.2. The molecule has 0 spiro atoms. The summed E-state index contributed by atoms with van der Waals surface area (Å²) in [6.45, 7) is 2.69. The third-order valence-corrected chi connectivity index (χ3v) is 2.95. The van der Waals surface area contributed by atoms with Gasteiger partial charge in [-0.15, -0.1) is 0 Å². The average molecular weight is 296 g/mol. The summed E-state index contributed by atoms with van der Waals surface area (Å²) in [5.74, 6) is -0.854. The summed E-state index contributed by atoms with van der Waals surface area (Å²) in [6, 6.07) is 5.46. The van der Waals surface area contributed by atoms with Crippen LogP contribution in [-0.2, 0) is 6.54 Å². The first-order valence-electron chi connectivity index (χ1n) is 6.22. The number of carbonyl (C=O) groups is 1. The SMILES string of the molecule is CCCn1cc(N)cc1C(=O)Nc1cc(F)cc(Cl)c1. The van der Waals surface area contributed by atoms with E-state index in [-0.39, 0.29) is 10.9 Å². The molecule has 1 heterocycles. The van der Waals surface area contributed by atoms with Gasteiger partial charge in [0, 0.05) is 23.5 Å². The van der Waals surface area contributed by atoms with Gasteiger partial charge in [0.25, 0.3) is 5.91 Å². The zero-order chi connectivity index (χ0) is 14.7. The van der Waals surface area contributed by atoms with E-state index in [2.05, 4.69) is 5.32 Å². The number of rotatable bonds is 4. The zero-order valence-electron chi connectivity index (χ0n) is 11.0. The molecule has 0 saturated carbocycles. The normalized spacial score (nSPS) is 10.6. The zero-order valence-corrected chi connectivity index (χ0v) is 11.7. The molecule has 0 bridgehead atoms. The minimum absolute atomic E-state index is 0.226. The predicted octanol–water partition coefficient (Wildman–Crippen LogP) is 3.53. The van der Waals surface area contributed by atoms with E-state index in [1.807, 2.05) is 6.92 Å². The van der Waals surface area contributed by atoms with E-state index in [1.165, 1.54) is 18.2 Å². The minimum atomic E-state index is -0.503. The van der Waals surface area contributed by atoms with Crippen LogP contribution in [0.2, 0.25) is 5.02 Å². The molecule has 6 heteroatoms. The second-order valence-corrected chi connectivity index (χ2v) is 4.90. The van der Waals surface area contributed by atoms with Crippen LogP contribution in [0.25, 0.3) is 0 Å². The molecule has 20 heavy (non-hydrogen) atoms. The average Bonchev–Trinajstić information content (AvgIpc) is 2.69. The van der Waals surface area contributed by atoms with E-state index in [0.717, 1.165) is 6.42 Å². The fraction of sp³-hybridized carbons (Fsp3) is 0.214. The Kier molecular flexibility index (Phi) is 4.29. The Balaban J connectivity index is 2.23. The lowest BCUT2D eigenvalue weighted by atomic mass is 10.3. The number of amides is 1. The Labute approximate surface area is 121 Å². The number of aryl methyl sites for hydroxylation is 1. The molecule has 2 aromatic rings. The molecule has 0 fully saturated rings. The van der Waals surface area contributed by atoms with E-state index in [0.29, 0.717) is 23.6 Å². The van der Waals surface area contributed by atoms with E-state index in [9.17, 15) is 9.18 Å². The van der Waals surface area contributed by atoms with Crippen LogP contribution in [0.5, 0.6) is 0 Å². The molecular weight excluding hydrogens is 281 g/mol. The number of aromatic nitrogens is 1. The lowest BCUT2D eigenvalue weighted by Gasteiger charge is -2.09. The molecule has 1 aromatic heterocycles. The third-order valence-electron chi connectivity index (χ3n) is 2.74. The Morgan fingerprint density at radius 1 is 1.40 bits per heavy atom. The van der Waals surface area contributed by atoms with Crippen molar-refractivity contribution in [1.29, 1.82) is 0 Å². The quantitative estimate of drug-likeness (QED) is 0.906. The van der Waals surface area contributed by atoms with Crippen molar-refractivity contribution < 1.29 is 9.18 Å². The molecule has 0 aliphatic heterocycles. The van der Waals surface area contributed by atoms with Crippen LogP contribution in [0, 0.1) is 5.82 Å². The van der Waals surface area contributed by atoms with E-state index in [1.54, 1.807) is 16.8 Å². The van der Waals surface area contributed by atoms with Crippen molar-refractivity contribution in [3.8, 4) is 0 Å². The largest absolute Gasteiger partial charge is 0.397 e. The summed E-state index contributed by atoms with van der Waals surface area (Å²) in [5.41, 5.74) is 6.96. The minimum Gasteiger partial charge on any atom is -0.397 e. The summed E-state index contributed by atoms with van der Waals surface area (Å²) >= 11 is 5.75. The van der Waals surface area contributed by atoms with Crippen molar-refractivity contribution in [1.82, 2.24) is 4.57 Å². The number of nitrogens with zero attached hydrogens (tertiary/aromatic N) is 1. The van der Waals surface area contributed by atoms with Crippen molar-refractivity contribution in [2.45, 2.75) is 19.9 Å². The van der Waals surface area contributed by atoms with Gasteiger partial charge in [0.15, 0.2) is 0 Å². The molecule has 0 aliphatic rings. The highest BCUT2D eigenvalue weighted by Gasteiger charge is 2.13. The van der Waals surface area contributed by atoms with Crippen molar-refractivity contribution >= 4 is 28.9 Å². The predicted molar refractivity (Wildman–Crippen MR) is 78.5 cm³/mol. The van der Waals surface area contributed by atoms with Gasteiger partial charge in [0.1, 0.15) is 11.5 Å². The first-order chi connectivity index (χ1) is 9.49. The maximum absolute atomic E-state index is 13.2. The van der Waals surface area contributed by atoms with Gasteiger partial charge in [-0.05, 0) is 30.7 Å². The van der Waals surface area contributed by atoms with Gasteiger partial charge in [-0.1, -0.05) is 18.5 Å². The molecule has 0 radical (unpaired) electrons. The Morgan fingerprint density at radius 2 is 2.15 bits per heavy atom. The smallest absolute Gasteiger partial charge is 0.272 e. The molecule has 106 valence electrons. The topological polar surface area (TPSA) is 60.0 Å². The lowest BCUT2D eigenvalue weighted by Crippen LogP contribution is -2.16. The Bertz CT molecular complexity index is 619. The number of halogens is 2. The number of hydrogen-bond acceptors (Lipinski definition) is 2. The fourth-order valence-electron chi connectivity index (χ4n) is 1.97. The van der Waals surface area contributed by atoms with Gasteiger partial charge in [-0.2, -0.15) is 0 Å².